The van der Waals surface area contributed by atoms with Crippen LogP contribution < -0.4 is 10.9 Å². The van der Waals surface area contributed by atoms with Gasteiger partial charge in [0, 0.05) is 12.8 Å². The van der Waals surface area contributed by atoms with Crippen LogP contribution in [0.15, 0.2) is 58.7 Å². The van der Waals surface area contributed by atoms with Gasteiger partial charge in [0.25, 0.3) is 0 Å². The Balaban J connectivity index is 1.61. The summed E-state index contributed by atoms with van der Waals surface area (Å²) in [5.74, 6) is -0.233. The second-order valence-corrected chi connectivity index (χ2v) is 7.76. The monoisotopic (exact) mass is 420 g/mol. The second kappa shape index (κ2) is 12.4. The third kappa shape index (κ3) is 8.95. The van der Waals surface area contributed by atoms with E-state index in [4.69, 9.17) is 0 Å². The van der Waals surface area contributed by atoms with E-state index >= 15 is 0 Å². The number of unbranched alkanes of at least 4 members (excludes halogenated alkanes) is 2. The average Bonchev–Trinajstić information content (AvgIpc) is 2.76. The summed E-state index contributed by atoms with van der Waals surface area (Å²) in [5.41, 5.74) is 11.1. The third-order valence-corrected chi connectivity index (χ3v) is 4.94. The lowest BCUT2D eigenvalue weighted by atomic mass is 10.1. The molecule has 0 spiro atoms. The highest BCUT2D eigenvalue weighted by molar-refractivity contribution is 5.99. The first-order valence-corrected chi connectivity index (χ1v) is 10.7. The Morgan fingerprint density at radius 2 is 1.00 bits per heavy atom. The number of rotatable bonds is 10. The van der Waals surface area contributed by atoms with Crippen molar-refractivity contribution in [3.05, 3.63) is 70.8 Å². The quantitative estimate of drug-likeness (QED) is 0.334. The largest absolute Gasteiger partial charge is 0.273 e. The normalized spacial score (nSPS) is 11.9. The summed E-state index contributed by atoms with van der Waals surface area (Å²) in [6.45, 7) is 7.79. The SMILES string of the molecule is C/C(=N\NC(=O)CCCCCC(=O)N/N=C(\C)c1ccc(C)cc1)c1ccc(C)cc1. The number of nitrogens with one attached hydrogen (secondary N) is 2. The van der Waals surface area contributed by atoms with Gasteiger partial charge in [0.05, 0.1) is 11.4 Å². The summed E-state index contributed by atoms with van der Waals surface area (Å²) in [5, 5.41) is 8.32. The van der Waals surface area contributed by atoms with Crippen LogP contribution >= 0.6 is 0 Å². The van der Waals surface area contributed by atoms with Gasteiger partial charge in [0.2, 0.25) is 11.8 Å². The van der Waals surface area contributed by atoms with E-state index in [1.165, 1.54) is 11.1 Å². The maximum absolute atomic E-state index is 11.9. The molecule has 31 heavy (non-hydrogen) atoms. The van der Waals surface area contributed by atoms with Crippen LogP contribution in [-0.2, 0) is 9.59 Å². The standard InChI is InChI=1S/C25H32N4O2/c1-18-10-14-22(15-11-18)20(3)26-28-24(30)8-6-5-7-9-25(31)29-27-21(4)23-16-12-19(2)13-17-23/h10-17H,5-9H2,1-4H3,(H,28,30)(H,29,31)/b26-20+,27-21+. The Hall–Kier alpha value is -3.28. The fourth-order valence-electron chi connectivity index (χ4n) is 2.87. The molecule has 6 nitrogen and oxygen atoms in total. The molecule has 0 unspecified atom stereocenters. The predicted octanol–water partition coefficient (Wildman–Crippen LogP) is 4.63. The summed E-state index contributed by atoms with van der Waals surface area (Å²) in [6.07, 6.45) is 2.99. The summed E-state index contributed by atoms with van der Waals surface area (Å²) in [6, 6.07) is 16.0. The van der Waals surface area contributed by atoms with Gasteiger partial charge < -0.3 is 0 Å². The molecule has 0 saturated carbocycles. The fourth-order valence-corrected chi connectivity index (χ4v) is 2.87. The van der Waals surface area contributed by atoms with E-state index in [9.17, 15) is 9.59 Å². The molecule has 0 aromatic heterocycles. The van der Waals surface area contributed by atoms with E-state index in [0.717, 1.165) is 29.0 Å². The first kappa shape index (κ1) is 24.0. The minimum atomic E-state index is -0.116. The predicted molar refractivity (Wildman–Crippen MR) is 126 cm³/mol. The van der Waals surface area contributed by atoms with Gasteiger partial charge in [-0.05, 0) is 51.7 Å². The number of carbonyl (C=O) groups is 2. The summed E-state index contributed by atoms with van der Waals surface area (Å²) in [4.78, 5) is 23.9. The lowest BCUT2D eigenvalue weighted by Crippen LogP contribution is -2.19. The van der Waals surface area contributed by atoms with Crippen molar-refractivity contribution in [1.29, 1.82) is 0 Å². The molecule has 0 aliphatic rings. The molecule has 0 heterocycles. The molecule has 0 bridgehead atoms. The second-order valence-electron chi connectivity index (χ2n) is 7.76. The third-order valence-electron chi connectivity index (χ3n) is 4.94. The van der Waals surface area contributed by atoms with E-state index < -0.39 is 0 Å². The number of carbonyl (C=O) groups excluding carboxylic acids is 2. The van der Waals surface area contributed by atoms with Gasteiger partial charge in [-0.1, -0.05) is 66.1 Å². The molecule has 2 aromatic rings. The number of hydrazone groups is 2. The number of amides is 2. The Bertz CT molecular complexity index is 851. The van der Waals surface area contributed by atoms with Crippen molar-refractivity contribution < 1.29 is 9.59 Å². The van der Waals surface area contributed by atoms with Crippen LogP contribution in [0.4, 0.5) is 0 Å². The van der Waals surface area contributed by atoms with E-state index in [-0.39, 0.29) is 11.8 Å². The maximum atomic E-state index is 11.9. The zero-order chi connectivity index (χ0) is 22.6. The lowest BCUT2D eigenvalue weighted by Gasteiger charge is -2.05. The Morgan fingerprint density at radius 3 is 1.35 bits per heavy atom. The van der Waals surface area contributed by atoms with Gasteiger partial charge in [-0.2, -0.15) is 10.2 Å². The van der Waals surface area contributed by atoms with E-state index in [2.05, 4.69) is 21.1 Å². The van der Waals surface area contributed by atoms with E-state index in [1.807, 2.05) is 76.2 Å². The topological polar surface area (TPSA) is 82.9 Å². The van der Waals surface area contributed by atoms with Crippen LogP contribution in [0.5, 0.6) is 0 Å². The average molecular weight is 421 g/mol. The number of aryl methyl sites for hydroxylation is 2. The van der Waals surface area contributed by atoms with Crippen LogP contribution in [0, 0.1) is 13.8 Å². The molecule has 0 atom stereocenters. The zero-order valence-electron chi connectivity index (χ0n) is 18.9. The van der Waals surface area contributed by atoms with Gasteiger partial charge in [0.1, 0.15) is 0 Å². The van der Waals surface area contributed by atoms with Crippen molar-refractivity contribution >= 4 is 23.2 Å². The van der Waals surface area contributed by atoms with Gasteiger partial charge >= 0.3 is 0 Å². The zero-order valence-corrected chi connectivity index (χ0v) is 18.9. The van der Waals surface area contributed by atoms with E-state index in [1.54, 1.807) is 0 Å². The molecule has 0 aliphatic heterocycles. The summed E-state index contributed by atoms with van der Waals surface area (Å²) in [7, 11) is 0. The first-order chi connectivity index (χ1) is 14.8. The van der Waals surface area contributed by atoms with Gasteiger partial charge in [-0.25, -0.2) is 10.9 Å². The minimum Gasteiger partial charge on any atom is -0.273 e. The molecular weight excluding hydrogens is 388 g/mol. The van der Waals surface area contributed by atoms with Crippen LogP contribution in [0.2, 0.25) is 0 Å². The highest BCUT2D eigenvalue weighted by Crippen LogP contribution is 2.06. The Kier molecular flexibility index (Phi) is 9.62. The van der Waals surface area contributed by atoms with Gasteiger partial charge in [-0.15, -0.1) is 0 Å². The highest BCUT2D eigenvalue weighted by atomic mass is 16.2. The molecule has 164 valence electrons. The van der Waals surface area contributed by atoms with Crippen molar-refractivity contribution in [3.63, 3.8) is 0 Å². The summed E-state index contributed by atoms with van der Waals surface area (Å²) >= 11 is 0. The van der Waals surface area contributed by atoms with E-state index in [0.29, 0.717) is 25.7 Å². The highest BCUT2D eigenvalue weighted by Gasteiger charge is 2.04. The molecule has 2 N–H and O–H groups in total. The molecule has 0 fully saturated rings. The molecule has 0 radical (unpaired) electrons. The maximum Gasteiger partial charge on any atom is 0.240 e. The molecule has 2 aromatic carbocycles. The van der Waals surface area contributed by atoms with Crippen molar-refractivity contribution in [2.75, 3.05) is 0 Å². The number of hydrogen-bond acceptors (Lipinski definition) is 4. The summed E-state index contributed by atoms with van der Waals surface area (Å²) < 4.78 is 0. The lowest BCUT2D eigenvalue weighted by molar-refractivity contribution is -0.121. The number of benzene rings is 2. The van der Waals surface area contributed by atoms with Crippen LogP contribution in [0.25, 0.3) is 0 Å². The van der Waals surface area contributed by atoms with Crippen LogP contribution in [0.3, 0.4) is 0 Å². The van der Waals surface area contributed by atoms with Crippen molar-refractivity contribution in [2.45, 2.75) is 59.8 Å². The molecule has 2 rings (SSSR count). The molecular formula is C25H32N4O2. The van der Waals surface area contributed by atoms with Crippen LogP contribution in [0.1, 0.15) is 68.2 Å². The van der Waals surface area contributed by atoms with Crippen molar-refractivity contribution in [3.8, 4) is 0 Å². The minimum absolute atomic E-state index is 0.116. The Labute approximate surface area is 184 Å². The fraction of sp³-hybridized carbons (Fsp3) is 0.360. The molecule has 0 saturated heterocycles. The molecule has 0 aliphatic carbocycles. The van der Waals surface area contributed by atoms with Gasteiger partial charge in [0.15, 0.2) is 0 Å². The smallest absolute Gasteiger partial charge is 0.240 e. The Morgan fingerprint density at radius 1 is 0.645 bits per heavy atom. The van der Waals surface area contributed by atoms with Crippen molar-refractivity contribution in [2.24, 2.45) is 10.2 Å². The number of nitrogens with zero attached hydrogens (tertiary/aromatic N) is 2. The van der Waals surface area contributed by atoms with Crippen LogP contribution in [-0.4, -0.2) is 23.2 Å². The first-order valence-electron chi connectivity index (χ1n) is 10.7. The number of hydrogen-bond donors (Lipinski definition) is 2. The van der Waals surface area contributed by atoms with Crippen molar-refractivity contribution in [1.82, 2.24) is 10.9 Å². The molecule has 6 heteroatoms. The van der Waals surface area contributed by atoms with Gasteiger partial charge in [-0.3, -0.25) is 9.59 Å². The molecule has 2 amide bonds.